The third-order valence-electron chi connectivity index (χ3n) is 1.85. The summed E-state index contributed by atoms with van der Waals surface area (Å²) in [6, 6.07) is 9.42. The first-order valence-electron chi connectivity index (χ1n) is 4.20. The van der Waals surface area contributed by atoms with Gasteiger partial charge in [-0.3, -0.25) is 0 Å². The number of nitriles is 1. The fourth-order valence-corrected chi connectivity index (χ4v) is 1.19. The van der Waals surface area contributed by atoms with E-state index in [1.165, 1.54) is 0 Å². The Labute approximate surface area is 77.8 Å². The summed E-state index contributed by atoms with van der Waals surface area (Å²) in [5.41, 5.74) is 1.69. The van der Waals surface area contributed by atoms with Gasteiger partial charge in [0.1, 0.15) is 6.29 Å². The molecule has 1 atom stereocenters. The fourth-order valence-electron chi connectivity index (χ4n) is 1.19. The summed E-state index contributed by atoms with van der Waals surface area (Å²) in [7, 11) is 0. The summed E-state index contributed by atoms with van der Waals surface area (Å²) >= 11 is 0. The first kappa shape index (κ1) is 9.47. The van der Waals surface area contributed by atoms with Crippen LogP contribution in [0.15, 0.2) is 24.3 Å². The smallest absolute Gasteiger partial charge is 0.123 e. The maximum atomic E-state index is 10.4. The predicted molar refractivity (Wildman–Crippen MR) is 50.1 cm³/mol. The van der Waals surface area contributed by atoms with Gasteiger partial charge in [0.25, 0.3) is 0 Å². The summed E-state index contributed by atoms with van der Waals surface area (Å²) < 4.78 is 0. The molecular formula is C11H11NO. The lowest BCUT2D eigenvalue weighted by Crippen LogP contribution is -2.00. The van der Waals surface area contributed by atoms with Crippen LogP contribution in [0.2, 0.25) is 0 Å². The van der Waals surface area contributed by atoms with E-state index in [9.17, 15) is 4.79 Å². The molecule has 0 saturated carbocycles. The van der Waals surface area contributed by atoms with Crippen molar-refractivity contribution in [3.8, 4) is 6.07 Å². The molecule has 1 aromatic rings. The van der Waals surface area contributed by atoms with E-state index in [0.29, 0.717) is 12.0 Å². The Morgan fingerprint density at radius 2 is 2.38 bits per heavy atom. The van der Waals surface area contributed by atoms with Crippen LogP contribution in [0.4, 0.5) is 0 Å². The second kappa shape index (κ2) is 4.42. The lowest BCUT2D eigenvalue weighted by Gasteiger charge is -2.03. The Morgan fingerprint density at radius 1 is 1.62 bits per heavy atom. The second-order valence-electron chi connectivity index (χ2n) is 3.13. The third kappa shape index (κ3) is 2.72. The van der Waals surface area contributed by atoms with E-state index in [1.807, 2.05) is 25.1 Å². The van der Waals surface area contributed by atoms with E-state index in [4.69, 9.17) is 5.26 Å². The Morgan fingerprint density at radius 3 is 3.00 bits per heavy atom. The minimum atomic E-state index is 0.0222. The first-order valence-corrected chi connectivity index (χ1v) is 4.20. The van der Waals surface area contributed by atoms with Gasteiger partial charge in [0, 0.05) is 5.92 Å². The Kier molecular flexibility index (Phi) is 3.22. The maximum Gasteiger partial charge on any atom is 0.123 e. The molecule has 0 bridgehead atoms. The average Bonchev–Trinajstić information content (AvgIpc) is 2.18. The van der Waals surface area contributed by atoms with Crippen molar-refractivity contribution in [2.75, 3.05) is 0 Å². The largest absolute Gasteiger partial charge is 0.303 e. The van der Waals surface area contributed by atoms with Crippen molar-refractivity contribution >= 4 is 6.29 Å². The van der Waals surface area contributed by atoms with Crippen molar-refractivity contribution in [3.05, 3.63) is 35.4 Å². The lowest BCUT2D eigenvalue weighted by molar-refractivity contribution is -0.110. The number of carbonyl (C=O) groups is 1. The van der Waals surface area contributed by atoms with E-state index < -0.39 is 0 Å². The van der Waals surface area contributed by atoms with Crippen LogP contribution < -0.4 is 0 Å². The van der Waals surface area contributed by atoms with Gasteiger partial charge in [0.2, 0.25) is 0 Å². The highest BCUT2D eigenvalue weighted by molar-refractivity contribution is 5.53. The van der Waals surface area contributed by atoms with E-state index in [1.54, 1.807) is 6.07 Å². The highest BCUT2D eigenvalue weighted by atomic mass is 16.1. The molecule has 0 aliphatic carbocycles. The zero-order chi connectivity index (χ0) is 9.68. The Bertz CT molecular complexity index is 338. The zero-order valence-corrected chi connectivity index (χ0v) is 7.53. The average molecular weight is 173 g/mol. The molecule has 0 aromatic heterocycles. The molecule has 66 valence electrons. The summed E-state index contributed by atoms with van der Waals surface area (Å²) in [4.78, 5) is 10.4. The zero-order valence-electron chi connectivity index (χ0n) is 7.53. The quantitative estimate of drug-likeness (QED) is 0.655. The number of hydrogen-bond acceptors (Lipinski definition) is 2. The van der Waals surface area contributed by atoms with Crippen LogP contribution in [0.3, 0.4) is 0 Å². The van der Waals surface area contributed by atoms with Gasteiger partial charge in [0.05, 0.1) is 11.6 Å². The van der Waals surface area contributed by atoms with Gasteiger partial charge in [0.15, 0.2) is 0 Å². The van der Waals surface area contributed by atoms with Gasteiger partial charge in [-0.25, -0.2) is 0 Å². The van der Waals surface area contributed by atoms with Crippen molar-refractivity contribution in [3.63, 3.8) is 0 Å². The molecule has 0 saturated heterocycles. The van der Waals surface area contributed by atoms with Gasteiger partial charge < -0.3 is 4.79 Å². The Balaban J connectivity index is 2.78. The van der Waals surface area contributed by atoms with E-state index >= 15 is 0 Å². The minimum absolute atomic E-state index is 0.0222. The molecule has 2 nitrogen and oxygen atoms in total. The number of aldehydes is 1. The van der Waals surface area contributed by atoms with Gasteiger partial charge in [-0.05, 0) is 24.1 Å². The highest BCUT2D eigenvalue weighted by Gasteiger charge is 2.01. The van der Waals surface area contributed by atoms with Crippen molar-refractivity contribution in [2.45, 2.75) is 13.3 Å². The maximum absolute atomic E-state index is 10.4. The fraction of sp³-hybridized carbons (Fsp3) is 0.273. The van der Waals surface area contributed by atoms with E-state index in [0.717, 1.165) is 11.8 Å². The monoisotopic (exact) mass is 173 g/mol. The molecule has 13 heavy (non-hydrogen) atoms. The summed E-state index contributed by atoms with van der Waals surface area (Å²) in [6.45, 7) is 1.87. The highest BCUT2D eigenvalue weighted by Crippen LogP contribution is 2.08. The molecule has 2 heteroatoms. The van der Waals surface area contributed by atoms with Crippen LogP contribution >= 0.6 is 0 Å². The van der Waals surface area contributed by atoms with Crippen LogP contribution in [0.25, 0.3) is 0 Å². The van der Waals surface area contributed by atoms with Crippen LogP contribution in [0.5, 0.6) is 0 Å². The number of rotatable bonds is 3. The topological polar surface area (TPSA) is 40.9 Å². The molecule has 0 aliphatic rings. The molecule has 1 aromatic carbocycles. The molecule has 0 heterocycles. The molecule has 1 rings (SSSR count). The molecule has 0 amide bonds. The molecule has 1 unspecified atom stereocenters. The summed E-state index contributed by atoms with van der Waals surface area (Å²) in [5.74, 6) is 0.0222. The normalized spacial score (nSPS) is 11.7. The second-order valence-corrected chi connectivity index (χ2v) is 3.13. The first-order chi connectivity index (χ1) is 6.26. The Hall–Kier alpha value is -1.62. The van der Waals surface area contributed by atoms with Crippen molar-refractivity contribution < 1.29 is 4.79 Å². The third-order valence-corrected chi connectivity index (χ3v) is 1.85. The SMILES string of the molecule is CC(C=O)Cc1cccc(C#N)c1. The number of benzene rings is 1. The standard InChI is InChI=1S/C11H11NO/c1-9(8-13)5-10-3-2-4-11(6-10)7-12/h2-4,6,8-9H,5H2,1H3. The lowest BCUT2D eigenvalue weighted by atomic mass is 10.0. The molecule has 0 N–H and O–H groups in total. The van der Waals surface area contributed by atoms with Gasteiger partial charge in [-0.15, -0.1) is 0 Å². The molecule has 0 radical (unpaired) electrons. The van der Waals surface area contributed by atoms with Gasteiger partial charge in [-0.1, -0.05) is 19.1 Å². The molecular weight excluding hydrogens is 162 g/mol. The predicted octanol–water partition coefficient (Wildman–Crippen LogP) is 1.94. The minimum Gasteiger partial charge on any atom is -0.303 e. The van der Waals surface area contributed by atoms with Crippen molar-refractivity contribution in [1.29, 1.82) is 5.26 Å². The number of carbonyl (C=O) groups excluding carboxylic acids is 1. The molecule has 0 spiro atoms. The van der Waals surface area contributed by atoms with Crippen molar-refractivity contribution in [1.82, 2.24) is 0 Å². The van der Waals surface area contributed by atoms with Crippen LogP contribution in [0.1, 0.15) is 18.1 Å². The van der Waals surface area contributed by atoms with Gasteiger partial charge in [-0.2, -0.15) is 5.26 Å². The molecule has 0 aliphatic heterocycles. The van der Waals surface area contributed by atoms with E-state index in [-0.39, 0.29) is 5.92 Å². The van der Waals surface area contributed by atoms with E-state index in [2.05, 4.69) is 6.07 Å². The summed E-state index contributed by atoms with van der Waals surface area (Å²) in [5, 5.41) is 8.63. The molecule has 0 fully saturated rings. The van der Waals surface area contributed by atoms with Crippen LogP contribution in [-0.2, 0) is 11.2 Å². The van der Waals surface area contributed by atoms with Gasteiger partial charge >= 0.3 is 0 Å². The summed E-state index contributed by atoms with van der Waals surface area (Å²) in [6.07, 6.45) is 1.64. The van der Waals surface area contributed by atoms with Crippen molar-refractivity contribution in [2.24, 2.45) is 5.92 Å². The van der Waals surface area contributed by atoms with Crippen LogP contribution in [-0.4, -0.2) is 6.29 Å². The number of hydrogen-bond donors (Lipinski definition) is 0. The number of nitrogens with zero attached hydrogens (tertiary/aromatic N) is 1. The van der Waals surface area contributed by atoms with Crippen LogP contribution in [0, 0.1) is 17.2 Å².